The number of ether oxygens (including phenoxy) is 1. The molecule has 0 fully saturated rings. The highest BCUT2D eigenvalue weighted by atomic mass is 127. The Labute approximate surface area is 164 Å². The zero-order valence-electron chi connectivity index (χ0n) is 13.3. The normalized spacial score (nSPS) is 9.84. The van der Waals surface area contributed by atoms with Gasteiger partial charge in [-0.15, -0.1) is 0 Å². The highest BCUT2D eigenvalue weighted by Gasteiger charge is 2.10. The van der Waals surface area contributed by atoms with Crippen molar-refractivity contribution in [3.63, 3.8) is 0 Å². The number of hydrogen-bond acceptors (Lipinski definition) is 4. The zero-order valence-corrected chi connectivity index (χ0v) is 16.3. The highest BCUT2D eigenvalue weighted by Crippen LogP contribution is 2.12. The SMILES string of the molecule is COc1ccc(CC(=O)NC(=S)NNC(=O)c2ccccc2I)cc1. The summed E-state index contributed by atoms with van der Waals surface area (Å²) in [4.78, 5) is 24.0. The topological polar surface area (TPSA) is 79.5 Å². The van der Waals surface area contributed by atoms with Crippen molar-refractivity contribution in [1.29, 1.82) is 0 Å². The molecule has 130 valence electrons. The molecule has 8 heteroatoms. The van der Waals surface area contributed by atoms with Gasteiger partial charge in [-0.25, -0.2) is 0 Å². The van der Waals surface area contributed by atoms with E-state index in [4.69, 9.17) is 17.0 Å². The third-order valence-corrected chi connectivity index (χ3v) is 4.33. The van der Waals surface area contributed by atoms with E-state index in [-0.39, 0.29) is 23.3 Å². The summed E-state index contributed by atoms with van der Waals surface area (Å²) in [5.74, 6) is 0.0996. The van der Waals surface area contributed by atoms with Crippen molar-refractivity contribution in [2.24, 2.45) is 0 Å². The first-order valence-corrected chi connectivity index (χ1v) is 8.76. The number of benzene rings is 2. The summed E-state index contributed by atoms with van der Waals surface area (Å²) in [7, 11) is 1.58. The molecule has 2 rings (SSSR count). The van der Waals surface area contributed by atoms with Gasteiger partial charge in [-0.1, -0.05) is 24.3 Å². The predicted molar refractivity (Wildman–Crippen MR) is 107 cm³/mol. The van der Waals surface area contributed by atoms with Gasteiger partial charge in [0.1, 0.15) is 5.75 Å². The van der Waals surface area contributed by atoms with Crippen LogP contribution in [0, 0.1) is 3.57 Å². The second-order valence-corrected chi connectivity index (χ2v) is 6.53. The minimum atomic E-state index is -0.336. The van der Waals surface area contributed by atoms with Crippen LogP contribution < -0.4 is 20.9 Å². The number of nitrogens with one attached hydrogen (secondary N) is 3. The van der Waals surface area contributed by atoms with Crippen LogP contribution in [0.2, 0.25) is 0 Å². The second-order valence-electron chi connectivity index (χ2n) is 4.96. The van der Waals surface area contributed by atoms with Crippen molar-refractivity contribution in [3.8, 4) is 5.75 Å². The lowest BCUT2D eigenvalue weighted by molar-refractivity contribution is -0.119. The molecule has 0 aliphatic rings. The fourth-order valence-electron chi connectivity index (χ4n) is 1.96. The number of thiocarbonyl (C=S) groups is 1. The van der Waals surface area contributed by atoms with Crippen LogP contribution in [0.15, 0.2) is 48.5 Å². The van der Waals surface area contributed by atoms with E-state index >= 15 is 0 Å². The zero-order chi connectivity index (χ0) is 18.2. The molecule has 0 spiro atoms. The van der Waals surface area contributed by atoms with Gasteiger partial charge in [0.05, 0.1) is 19.1 Å². The van der Waals surface area contributed by atoms with E-state index in [2.05, 4.69) is 38.8 Å². The maximum absolute atomic E-state index is 12.0. The van der Waals surface area contributed by atoms with E-state index in [0.717, 1.165) is 14.9 Å². The molecular formula is C17H16IN3O3S. The molecule has 2 aromatic carbocycles. The van der Waals surface area contributed by atoms with Crippen molar-refractivity contribution in [1.82, 2.24) is 16.2 Å². The summed E-state index contributed by atoms with van der Waals surface area (Å²) in [6.07, 6.45) is 0.163. The monoisotopic (exact) mass is 469 g/mol. The molecule has 0 aliphatic carbocycles. The summed E-state index contributed by atoms with van der Waals surface area (Å²) < 4.78 is 5.88. The van der Waals surface area contributed by atoms with Gasteiger partial charge in [0.15, 0.2) is 5.11 Å². The van der Waals surface area contributed by atoms with Crippen molar-refractivity contribution in [2.75, 3.05) is 7.11 Å². The molecule has 2 aromatic rings. The minimum absolute atomic E-state index is 0.0257. The number of carbonyl (C=O) groups is 2. The first kappa shape index (κ1) is 19.1. The number of amides is 2. The Morgan fingerprint density at radius 1 is 1.08 bits per heavy atom. The van der Waals surface area contributed by atoms with Gasteiger partial charge in [0, 0.05) is 3.57 Å². The number of halogens is 1. The Morgan fingerprint density at radius 2 is 1.76 bits per heavy atom. The van der Waals surface area contributed by atoms with Gasteiger partial charge in [-0.2, -0.15) is 0 Å². The molecule has 6 nitrogen and oxygen atoms in total. The van der Waals surface area contributed by atoms with Crippen LogP contribution in [0.4, 0.5) is 0 Å². The molecule has 0 heterocycles. The van der Waals surface area contributed by atoms with E-state index in [1.807, 2.05) is 12.1 Å². The van der Waals surface area contributed by atoms with Crippen molar-refractivity contribution >= 4 is 51.7 Å². The van der Waals surface area contributed by atoms with Gasteiger partial charge in [0.25, 0.3) is 5.91 Å². The van der Waals surface area contributed by atoms with E-state index in [1.165, 1.54) is 0 Å². The fourth-order valence-corrected chi connectivity index (χ4v) is 2.75. The molecule has 2 amide bonds. The van der Waals surface area contributed by atoms with E-state index < -0.39 is 0 Å². The Kier molecular flexibility index (Phi) is 7.14. The van der Waals surface area contributed by atoms with Crippen LogP contribution in [0.3, 0.4) is 0 Å². The molecule has 0 radical (unpaired) electrons. The summed E-state index contributed by atoms with van der Waals surface area (Å²) in [6.45, 7) is 0. The Morgan fingerprint density at radius 3 is 2.40 bits per heavy atom. The summed E-state index contributed by atoms with van der Waals surface area (Å²) in [5.41, 5.74) is 6.32. The molecule has 0 unspecified atom stereocenters. The molecular weight excluding hydrogens is 453 g/mol. The Hall–Kier alpha value is -2.20. The van der Waals surface area contributed by atoms with E-state index in [9.17, 15) is 9.59 Å². The average Bonchev–Trinajstić information content (AvgIpc) is 2.60. The highest BCUT2D eigenvalue weighted by molar-refractivity contribution is 14.1. The largest absolute Gasteiger partial charge is 0.497 e. The average molecular weight is 469 g/mol. The Balaban J connectivity index is 1.80. The smallest absolute Gasteiger partial charge is 0.270 e. The molecule has 0 saturated carbocycles. The van der Waals surface area contributed by atoms with Crippen LogP contribution in [0.1, 0.15) is 15.9 Å². The van der Waals surface area contributed by atoms with Gasteiger partial charge in [0.2, 0.25) is 5.91 Å². The first-order valence-electron chi connectivity index (χ1n) is 7.27. The lowest BCUT2D eigenvalue weighted by Crippen LogP contribution is -2.48. The third kappa shape index (κ3) is 5.98. The van der Waals surface area contributed by atoms with Gasteiger partial charge in [-0.3, -0.25) is 20.4 Å². The van der Waals surface area contributed by atoms with Crippen LogP contribution in [0.5, 0.6) is 5.75 Å². The molecule has 3 N–H and O–H groups in total. The standard InChI is InChI=1S/C17H16IN3O3S/c1-24-12-8-6-11(7-9-12)10-15(22)19-17(25)21-20-16(23)13-4-2-3-5-14(13)18/h2-9H,10H2,1H3,(H,20,23)(H2,19,21,22,25). The fraction of sp³-hybridized carbons (Fsp3) is 0.118. The molecule has 0 bridgehead atoms. The minimum Gasteiger partial charge on any atom is -0.497 e. The number of rotatable bonds is 4. The molecule has 0 saturated heterocycles. The van der Waals surface area contributed by atoms with Crippen LogP contribution in [0.25, 0.3) is 0 Å². The molecule has 0 atom stereocenters. The van der Waals surface area contributed by atoms with Gasteiger partial charge < -0.3 is 10.1 Å². The third-order valence-electron chi connectivity index (χ3n) is 3.18. The van der Waals surface area contributed by atoms with Crippen molar-refractivity contribution in [2.45, 2.75) is 6.42 Å². The lowest BCUT2D eigenvalue weighted by atomic mass is 10.1. The molecule has 0 aromatic heterocycles. The van der Waals surface area contributed by atoms with Crippen molar-refractivity contribution < 1.29 is 14.3 Å². The molecule has 0 aliphatic heterocycles. The quantitative estimate of drug-likeness (QED) is 0.364. The second kappa shape index (κ2) is 9.33. The van der Waals surface area contributed by atoms with Gasteiger partial charge >= 0.3 is 0 Å². The Bertz CT molecular complexity index is 781. The summed E-state index contributed by atoms with van der Waals surface area (Å²) >= 11 is 7.08. The van der Waals surface area contributed by atoms with Gasteiger partial charge in [-0.05, 0) is 64.6 Å². The summed E-state index contributed by atoms with van der Waals surface area (Å²) in [6, 6.07) is 14.3. The van der Waals surface area contributed by atoms with Crippen LogP contribution >= 0.6 is 34.8 Å². The van der Waals surface area contributed by atoms with Crippen LogP contribution in [-0.2, 0) is 11.2 Å². The maximum Gasteiger partial charge on any atom is 0.270 e. The van der Waals surface area contributed by atoms with E-state index in [1.54, 1.807) is 43.5 Å². The van der Waals surface area contributed by atoms with Crippen molar-refractivity contribution in [3.05, 3.63) is 63.2 Å². The first-order chi connectivity index (χ1) is 12.0. The van der Waals surface area contributed by atoms with E-state index in [0.29, 0.717) is 5.56 Å². The van der Waals surface area contributed by atoms with Crippen LogP contribution in [-0.4, -0.2) is 24.0 Å². The predicted octanol–water partition coefficient (Wildman–Crippen LogP) is 2.18. The number of carbonyl (C=O) groups excluding carboxylic acids is 2. The number of hydrogen-bond donors (Lipinski definition) is 3. The maximum atomic E-state index is 12.0. The molecule has 25 heavy (non-hydrogen) atoms. The number of methoxy groups -OCH3 is 1. The lowest BCUT2D eigenvalue weighted by Gasteiger charge is -2.11. The summed E-state index contributed by atoms with van der Waals surface area (Å²) in [5, 5.41) is 2.54. The number of hydrazine groups is 1.